The van der Waals surface area contributed by atoms with Gasteiger partial charge in [-0.25, -0.2) is 9.78 Å². The number of halogens is 3. The van der Waals surface area contributed by atoms with Crippen molar-refractivity contribution < 1.29 is 27.5 Å². The van der Waals surface area contributed by atoms with Crippen LogP contribution in [-0.2, 0) is 15.7 Å². The molecule has 10 heteroatoms. The Morgan fingerprint density at radius 2 is 1.93 bits per heavy atom. The van der Waals surface area contributed by atoms with Crippen LogP contribution >= 0.6 is 0 Å². The van der Waals surface area contributed by atoms with Gasteiger partial charge in [-0.15, -0.1) is 0 Å². The number of amides is 2. The van der Waals surface area contributed by atoms with E-state index in [1.54, 1.807) is 20.8 Å². The first-order valence-electron chi connectivity index (χ1n) is 9.03. The minimum Gasteiger partial charge on any atom is -0.444 e. The number of nitrogens with zero attached hydrogens (tertiary/aromatic N) is 1. The zero-order valence-electron chi connectivity index (χ0n) is 16.0. The molecule has 1 aromatic heterocycles. The number of hydrogen-bond donors (Lipinski definition) is 3. The summed E-state index contributed by atoms with van der Waals surface area (Å²) in [6, 6.07) is 1.81. The summed E-state index contributed by atoms with van der Waals surface area (Å²) >= 11 is 0. The first-order chi connectivity index (χ1) is 13.0. The van der Waals surface area contributed by atoms with E-state index in [4.69, 9.17) is 4.74 Å². The van der Waals surface area contributed by atoms with Gasteiger partial charge in [0.25, 0.3) is 0 Å². The third-order valence-corrected chi connectivity index (χ3v) is 4.18. The number of nitrogens with one attached hydrogen (secondary N) is 3. The summed E-state index contributed by atoms with van der Waals surface area (Å²) in [5.74, 6) is -1.36. The van der Waals surface area contributed by atoms with E-state index >= 15 is 0 Å². The fraction of sp³-hybridized carbons (Fsp3) is 0.611. The standard InChI is InChI=1S/C18H25F3N4O3/c1-17(2,3)28-16(27)23-12-7-4-6-11(10-12)15(26)25-24-14-13(18(19,20)21)8-5-9-22-14/h5,8-9,11-12H,4,6-7,10H2,1-3H3,(H,22,24)(H,23,27)(H,25,26)/t11-,12+/m0/s1. The van der Waals surface area contributed by atoms with Gasteiger partial charge in [0.05, 0.1) is 5.56 Å². The van der Waals surface area contributed by atoms with Crippen molar-refractivity contribution >= 4 is 17.8 Å². The Morgan fingerprint density at radius 1 is 1.21 bits per heavy atom. The van der Waals surface area contributed by atoms with E-state index in [2.05, 4.69) is 21.2 Å². The third kappa shape index (κ3) is 6.58. The van der Waals surface area contributed by atoms with Gasteiger partial charge in [-0.2, -0.15) is 13.2 Å². The number of ether oxygens (including phenoxy) is 1. The third-order valence-electron chi connectivity index (χ3n) is 4.18. The molecule has 28 heavy (non-hydrogen) atoms. The summed E-state index contributed by atoms with van der Waals surface area (Å²) in [5.41, 5.74) is 2.96. The Labute approximate surface area is 161 Å². The number of alkyl carbamates (subject to hydrolysis) is 1. The van der Waals surface area contributed by atoms with Crippen molar-refractivity contribution in [1.29, 1.82) is 0 Å². The maximum atomic E-state index is 13.0. The second-order valence-electron chi connectivity index (χ2n) is 7.72. The van der Waals surface area contributed by atoms with E-state index in [0.717, 1.165) is 6.07 Å². The van der Waals surface area contributed by atoms with Crippen LogP contribution in [0.15, 0.2) is 18.3 Å². The van der Waals surface area contributed by atoms with Crippen LogP contribution in [-0.4, -0.2) is 28.6 Å². The number of hydrogen-bond acceptors (Lipinski definition) is 5. The lowest BCUT2D eigenvalue weighted by atomic mass is 9.85. The van der Waals surface area contributed by atoms with Gasteiger partial charge in [0.2, 0.25) is 5.91 Å². The quantitative estimate of drug-likeness (QED) is 0.669. The van der Waals surface area contributed by atoms with Crippen molar-refractivity contribution in [2.75, 3.05) is 5.43 Å². The second kappa shape index (κ2) is 8.66. The fourth-order valence-electron chi connectivity index (χ4n) is 2.99. The van der Waals surface area contributed by atoms with Crippen LogP contribution in [0.25, 0.3) is 0 Å². The van der Waals surface area contributed by atoms with Crippen molar-refractivity contribution in [3.8, 4) is 0 Å². The molecule has 3 N–H and O–H groups in total. The molecule has 1 aromatic rings. The molecule has 1 aliphatic carbocycles. The van der Waals surface area contributed by atoms with Gasteiger partial charge >= 0.3 is 12.3 Å². The number of carbonyl (C=O) groups excluding carboxylic acids is 2. The Bertz CT molecular complexity index is 704. The van der Waals surface area contributed by atoms with Crippen LogP contribution < -0.4 is 16.2 Å². The molecule has 1 fully saturated rings. The summed E-state index contributed by atoms with van der Waals surface area (Å²) in [4.78, 5) is 27.9. The molecular formula is C18H25F3N4O3. The average Bonchev–Trinajstić information content (AvgIpc) is 2.57. The smallest absolute Gasteiger partial charge is 0.420 e. The molecule has 0 spiro atoms. The van der Waals surface area contributed by atoms with Gasteiger partial charge in [-0.05, 0) is 52.2 Å². The Balaban J connectivity index is 1.90. The van der Waals surface area contributed by atoms with Crippen LogP contribution in [0.1, 0.15) is 52.0 Å². The van der Waals surface area contributed by atoms with Crippen molar-refractivity contribution in [1.82, 2.24) is 15.7 Å². The van der Waals surface area contributed by atoms with Gasteiger partial charge in [-0.1, -0.05) is 6.42 Å². The van der Waals surface area contributed by atoms with Crippen molar-refractivity contribution in [2.24, 2.45) is 5.92 Å². The first kappa shape index (κ1) is 21.8. The number of aromatic nitrogens is 1. The summed E-state index contributed by atoms with van der Waals surface area (Å²) < 4.78 is 44.1. The molecule has 1 aliphatic rings. The topological polar surface area (TPSA) is 92.3 Å². The van der Waals surface area contributed by atoms with Gasteiger partial charge in [0, 0.05) is 18.2 Å². The van der Waals surface area contributed by atoms with E-state index in [0.29, 0.717) is 25.7 Å². The van der Waals surface area contributed by atoms with Crippen molar-refractivity contribution in [3.05, 3.63) is 23.9 Å². The minimum atomic E-state index is -4.59. The molecule has 156 valence electrons. The highest BCUT2D eigenvalue weighted by atomic mass is 19.4. The zero-order valence-corrected chi connectivity index (χ0v) is 16.0. The molecule has 0 bridgehead atoms. The predicted molar refractivity (Wildman–Crippen MR) is 96.1 cm³/mol. The van der Waals surface area contributed by atoms with E-state index in [1.165, 1.54) is 12.3 Å². The maximum absolute atomic E-state index is 13.0. The van der Waals surface area contributed by atoms with Crippen LogP contribution in [0.2, 0.25) is 0 Å². The highest BCUT2D eigenvalue weighted by Gasteiger charge is 2.35. The van der Waals surface area contributed by atoms with Crippen LogP contribution in [0.4, 0.5) is 23.8 Å². The lowest BCUT2D eigenvalue weighted by Gasteiger charge is -2.30. The summed E-state index contributed by atoms with van der Waals surface area (Å²) in [5, 5.41) is 2.74. The van der Waals surface area contributed by atoms with E-state index in [9.17, 15) is 22.8 Å². The van der Waals surface area contributed by atoms with Gasteiger partial charge < -0.3 is 10.1 Å². The summed E-state index contributed by atoms with van der Waals surface area (Å²) in [7, 11) is 0. The SMILES string of the molecule is CC(C)(C)OC(=O)N[C@@H]1CCC[C@H](C(=O)NNc2ncccc2C(F)(F)F)C1. The molecule has 2 amide bonds. The highest BCUT2D eigenvalue weighted by molar-refractivity contribution is 5.80. The minimum absolute atomic E-state index is 0.236. The molecule has 1 heterocycles. The molecule has 2 rings (SSSR count). The Hall–Kier alpha value is -2.52. The molecule has 0 radical (unpaired) electrons. The first-order valence-corrected chi connectivity index (χ1v) is 9.03. The monoisotopic (exact) mass is 402 g/mol. The average molecular weight is 402 g/mol. The number of alkyl halides is 3. The largest absolute Gasteiger partial charge is 0.444 e. The van der Waals surface area contributed by atoms with Gasteiger partial charge in [0.1, 0.15) is 5.60 Å². The lowest BCUT2D eigenvalue weighted by Crippen LogP contribution is -2.45. The number of rotatable bonds is 4. The fourth-order valence-corrected chi connectivity index (χ4v) is 2.99. The molecule has 1 saturated carbocycles. The molecule has 2 atom stereocenters. The van der Waals surface area contributed by atoms with Gasteiger partial charge in [-0.3, -0.25) is 15.6 Å². The van der Waals surface area contributed by atoms with Crippen molar-refractivity contribution in [3.63, 3.8) is 0 Å². The molecule has 7 nitrogen and oxygen atoms in total. The second-order valence-corrected chi connectivity index (χ2v) is 7.72. The molecule has 0 aliphatic heterocycles. The Kier molecular flexibility index (Phi) is 6.73. The summed E-state index contributed by atoms with van der Waals surface area (Å²) in [6.45, 7) is 5.26. The predicted octanol–water partition coefficient (Wildman–Crippen LogP) is 3.63. The Morgan fingerprint density at radius 3 is 2.57 bits per heavy atom. The van der Waals surface area contributed by atoms with Crippen molar-refractivity contribution in [2.45, 2.75) is 64.3 Å². The number of anilines is 1. The van der Waals surface area contributed by atoms with E-state index in [-0.39, 0.29) is 6.04 Å². The summed E-state index contributed by atoms with van der Waals surface area (Å²) in [6.07, 6.45) is -1.58. The van der Waals surface area contributed by atoms with Gasteiger partial charge in [0.15, 0.2) is 5.82 Å². The molecule has 0 aromatic carbocycles. The molecule has 0 saturated heterocycles. The van der Waals surface area contributed by atoms with Crippen LogP contribution in [0, 0.1) is 5.92 Å². The molecule has 0 unspecified atom stereocenters. The number of carbonyl (C=O) groups is 2. The highest BCUT2D eigenvalue weighted by Crippen LogP contribution is 2.33. The normalized spacial score (nSPS) is 20.2. The zero-order chi connectivity index (χ0) is 20.9. The number of hydrazine groups is 1. The van der Waals surface area contributed by atoms with Crippen LogP contribution in [0.5, 0.6) is 0 Å². The van der Waals surface area contributed by atoms with E-state index in [1.807, 2.05) is 0 Å². The lowest BCUT2D eigenvalue weighted by molar-refractivity contribution is -0.137. The number of pyridine rings is 1. The maximum Gasteiger partial charge on any atom is 0.420 e. The molecular weight excluding hydrogens is 377 g/mol. The van der Waals surface area contributed by atoms with Crippen LogP contribution in [0.3, 0.4) is 0 Å². The van der Waals surface area contributed by atoms with E-state index < -0.39 is 41.1 Å².